The van der Waals surface area contributed by atoms with Gasteiger partial charge in [-0.2, -0.15) is 0 Å². The second-order valence-corrected chi connectivity index (χ2v) is 5.17. The summed E-state index contributed by atoms with van der Waals surface area (Å²) in [5, 5.41) is 12.4. The largest absolute Gasteiger partial charge is 0.488 e. The molecule has 2 N–H and O–H groups in total. The minimum absolute atomic E-state index is 0.0548. The molecule has 1 saturated carbocycles. The van der Waals surface area contributed by atoms with E-state index in [4.69, 9.17) is 4.74 Å². The van der Waals surface area contributed by atoms with E-state index < -0.39 is 11.5 Å². The lowest BCUT2D eigenvalue weighted by molar-refractivity contribution is -0.149. The van der Waals surface area contributed by atoms with Crippen LogP contribution in [0.5, 0.6) is 5.75 Å². The van der Waals surface area contributed by atoms with E-state index in [0.29, 0.717) is 6.54 Å². The fourth-order valence-electron chi connectivity index (χ4n) is 2.67. The first-order valence-corrected chi connectivity index (χ1v) is 6.43. The second-order valence-electron chi connectivity index (χ2n) is 5.17. The Bertz CT molecular complexity index is 443. The van der Waals surface area contributed by atoms with E-state index in [-0.39, 0.29) is 6.10 Å². The molecule has 1 aromatic rings. The molecular weight excluding hydrogens is 230 g/mol. The number of para-hydroxylation sites is 1. The van der Waals surface area contributed by atoms with Gasteiger partial charge in [0.15, 0.2) is 0 Å². The van der Waals surface area contributed by atoms with Gasteiger partial charge in [0.2, 0.25) is 0 Å². The molecule has 0 spiro atoms. The third kappa shape index (κ3) is 1.86. The van der Waals surface area contributed by atoms with Crippen molar-refractivity contribution in [2.45, 2.75) is 37.3 Å². The highest BCUT2D eigenvalue weighted by molar-refractivity contribution is 5.80. The Morgan fingerprint density at radius 2 is 2.22 bits per heavy atom. The standard InChI is InChI=1S/C14H17NO3/c16-13(17)14(6-3-7-14)15-9-11-8-10-4-1-2-5-12(10)18-11/h1-2,4-5,11,15H,3,6-9H2,(H,16,17). The molecule has 1 fully saturated rings. The molecule has 0 aromatic heterocycles. The van der Waals surface area contributed by atoms with Crippen LogP contribution in [0.1, 0.15) is 24.8 Å². The highest BCUT2D eigenvalue weighted by Crippen LogP contribution is 2.33. The lowest BCUT2D eigenvalue weighted by Gasteiger charge is -2.39. The monoisotopic (exact) mass is 247 g/mol. The summed E-state index contributed by atoms with van der Waals surface area (Å²) in [6, 6.07) is 7.99. The third-order valence-electron chi connectivity index (χ3n) is 4.00. The summed E-state index contributed by atoms with van der Waals surface area (Å²) < 4.78 is 5.80. The minimum Gasteiger partial charge on any atom is -0.488 e. The maximum Gasteiger partial charge on any atom is 0.323 e. The summed E-state index contributed by atoms with van der Waals surface area (Å²) in [5.41, 5.74) is 0.514. The molecule has 1 unspecified atom stereocenters. The first-order chi connectivity index (χ1) is 8.70. The minimum atomic E-state index is -0.732. The molecule has 2 aliphatic rings. The molecule has 0 saturated heterocycles. The van der Waals surface area contributed by atoms with Crippen molar-refractivity contribution in [3.8, 4) is 5.75 Å². The van der Waals surface area contributed by atoms with Crippen molar-refractivity contribution in [3.05, 3.63) is 29.8 Å². The fourth-order valence-corrected chi connectivity index (χ4v) is 2.67. The van der Waals surface area contributed by atoms with E-state index in [2.05, 4.69) is 11.4 Å². The van der Waals surface area contributed by atoms with E-state index in [1.165, 1.54) is 5.56 Å². The van der Waals surface area contributed by atoms with Gasteiger partial charge in [0, 0.05) is 13.0 Å². The lowest BCUT2D eigenvalue weighted by Crippen LogP contribution is -2.59. The van der Waals surface area contributed by atoms with Gasteiger partial charge in [-0.05, 0) is 30.9 Å². The van der Waals surface area contributed by atoms with Crippen molar-refractivity contribution in [3.63, 3.8) is 0 Å². The van der Waals surface area contributed by atoms with Crippen molar-refractivity contribution in [1.29, 1.82) is 0 Å². The van der Waals surface area contributed by atoms with Crippen LogP contribution in [-0.4, -0.2) is 29.3 Å². The van der Waals surface area contributed by atoms with E-state index >= 15 is 0 Å². The van der Waals surface area contributed by atoms with Gasteiger partial charge in [-0.1, -0.05) is 18.2 Å². The van der Waals surface area contributed by atoms with E-state index in [1.807, 2.05) is 18.2 Å². The van der Waals surface area contributed by atoms with Crippen LogP contribution < -0.4 is 10.1 Å². The summed E-state index contributed by atoms with van der Waals surface area (Å²) in [4.78, 5) is 11.2. The van der Waals surface area contributed by atoms with Crippen LogP contribution in [0.3, 0.4) is 0 Å². The van der Waals surface area contributed by atoms with Crippen LogP contribution in [0.4, 0.5) is 0 Å². The molecule has 96 valence electrons. The number of rotatable bonds is 4. The van der Waals surface area contributed by atoms with Crippen molar-refractivity contribution in [2.75, 3.05) is 6.54 Å². The first-order valence-electron chi connectivity index (χ1n) is 6.43. The molecule has 4 nitrogen and oxygen atoms in total. The molecule has 4 heteroatoms. The van der Waals surface area contributed by atoms with Gasteiger partial charge in [0.25, 0.3) is 0 Å². The van der Waals surface area contributed by atoms with Gasteiger partial charge in [-0.15, -0.1) is 0 Å². The summed E-state index contributed by atoms with van der Waals surface area (Å²) in [5.74, 6) is 0.201. The number of carboxylic acid groups (broad SMARTS) is 1. The first kappa shape index (κ1) is 11.5. The summed E-state index contributed by atoms with van der Waals surface area (Å²) in [6.45, 7) is 0.598. The topological polar surface area (TPSA) is 58.6 Å². The Hall–Kier alpha value is -1.55. The molecule has 0 bridgehead atoms. The molecule has 0 amide bonds. The number of fused-ring (bicyclic) bond motifs is 1. The number of carboxylic acids is 1. The van der Waals surface area contributed by atoms with E-state index in [9.17, 15) is 9.90 Å². The predicted molar refractivity (Wildman–Crippen MR) is 66.8 cm³/mol. The highest BCUT2D eigenvalue weighted by atomic mass is 16.5. The Labute approximate surface area is 106 Å². The van der Waals surface area contributed by atoms with Crippen LogP contribution in [0.25, 0.3) is 0 Å². The van der Waals surface area contributed by atoms with Crippen LogP contribution in [0.15, 0.2) is 24.3 Å². The molecule has 1 atom stereocenters. The van der Waals surface area contributed by atoms with Gasteiger partial charge in [0.05, 0.1) is 0 Å². The number of ether oxygens (including phenoxy) is 1. The van der Waals surface area contributed by atoms with Crippen molar-refractivity contribution >= 4 is 5.97 Å². The predicted octanol–water partition coefficient (Wildman–Crippen LogP) is 1.59. The Morgan fingerprint density at radius 3 is 2.83 bits per heavy atom. The van der Waals surface area contributed by atoms with Gasteiger partial charge in [-0.25, -0.2) is 0 Å². The van der Waals surface area contributed by atoms with Crippen LogP contribution in [0.2, 0.25) is 0 Å². The number of hydrogen-bond donors (Lipinski definition) is 2. The fraction of sp³-hybridized carbons (Fsp3) is 0.500. The number of carbonyl (C=O) groups is 1. The van der Waals surface area contributed by atoms with Crippen molar-refractivity contribution < 1.29 is 14.6 Å². The normalized spacial score (nSPS) is 23.9. The quantitative estimate of drug-likeness (QED) is 0.848. The van der Waals surface area contributed by atoms with E-state index in [1.54, 1.807) is 0 Å². The SMILES string of the molecule is O=C(O)C1(NCC2Cc3ccccc3O2)CCC1. The Balaban J connectivity index is 1.59. The maximum atomic E-state index is 11.2. The van der Waals surface area contributed by atoms with Crippen LogP contribution in [-0.2, 0) is 11.2 Å². The average Bonchev–Trinajstić information content (AvgIpc) is 2.69. The van der Waals surface area contributed by atoms with Crippen LogP contribution >= 0.6 is 0 Å². The molecular formula is C14H17NO3. The lowest BCUT2D eigenvalue weighted by atomic mass is 9.76. The van der Waals surface area contributed by atoms with Gasteiger partial charge >= 0.3 is 5.97 Å². The van der Waals surface area contributed by atoms with Gasteiger partial charge in [0.1, 0.15) is 17.4 Å². The smallest absolute Gasteiger partial charge is 0.323 e. The second kappa shape index (κ2) is 4.28. The zero-order chi connectivity index (χ0) is 12.6. The summed E-state index contributed by atoms with van der Waals surface area (Å²) in [6.07, 6.45) is 3.35. The summed E-state index contributed by atoms with van der Waals surface area (Å²) in [7, 11) is 0. The molecule has 1 heterocycles. The molecule has 18 heavy (non-hydrogen) atoms. The zero-order valence-corrected chi connectivity index (χ0v) is 10.2. The van der Waals surface area contributed by atoms with Gasteiger partial charge in [-0.3, -0.25) is 10.1 Å². The molecule has 1 aromatic carbocycles. The number of benzene rings is 1. The summed E-state index contributed by atoms with van der Waals surface area (Å²) >= 11 is 0. The molecule has 1 aliphatic heterocycles. The average molecular weight is 247 g/mol. The maximum absolute atomic E-state index is 11.2. The molecule has 1 aliphatic carbocycles. The molecule has 3 rings (SSSR count). The van der Waals surface area contributed by atoms with Crippen molar-refractivity contribution in [2.24, 2.45) is 0 Å². The molecule has 0 radical (unpaired) electrons. The number of aliphatic carboxylic acids is 1. The Morgan fingerprint density at radius 1 is 1.44 bits per heavy atom. The third-order valence-corrected chi connectivity index (χ3v) is 4.00. The van der Waals surface area contributed by atoms with E-state index in [0.717, 1.165) is 31.4 Å². The zero-order valence-electron chi connectivity index (χ0n) is 10.2. The number of hydrogen-bond acceptors (Lipinski definition) is 3. The van der Waals surface area contributed by atoms with Gasteiger partial charge < -0.3 is 9.84 Å². The van der Waals surface area contributed by atoms with Crippen molar-refractivity contribution in [1.82, 2.24) is 5.32 Å². The Kier molecular flexibility index (Phi) is 2.74. The highest BCUT2D eigenvalue weighted by Gasteiger charge is 2.44. The van der Waals surface area contributed by atoms with Crippen LogP contribution in [0, 0.1) is 0 Å². The number of nitrogens with one attached hydrogen (secondary N) is 1.